The molecule has 0 saturated carbocycles. The zero-order chi connectivity index (χ0) is 15.7. The van der Waals surface area contributed by atoms with Gasteiger partial charge in [0.15, 0.2) is 0 Å². The third-order valence-corrected chi connectivity index (χ3v) is 2.83. The van der Waals surface area contributed by atoms with Gasteiger partial charge in [0.1, 0.15) is 17.4 Å². The Morgan fingerprint density at radius 2 is 2.14 bits per heavy atom. The van der Waals surface area contributed by atoms with Crippen LogP contribution in [0.1, 0.15) is 18.5 Å². The third-order valence-electron chi connectivity index (χ3n) is 2.83. The molecule has 0 aliphatic rings. The van der Waals surface area contributed by atoms with Gasteiger partial charge in [-0.15, -0.1) is 0 Å². The van der Waals surface area contributed by atoms with Crippen molar-refractivity contribution in [2.45, 2.75) is 13.0 Å². The van der Waals surface area contributed by atoms with Gasteiger partial charge in [0.05, 0.1) is 19.8 Å². The molecule has 1 aromatic carbocycles. The maximum absolute atomic E-state index is 11.9. The average Bonchev–Trinajstić information content (AvgIpc) is 2.51. The van der Waals surface area contributed by atoms with Gasteiger partial charge in [-0.25, -0.2) is 0 Å². The van der Waals surface area contributed by atoms with Gasteiger partial charge in [0, 0.05) is 12.7 Å². The molecule has 0 aliphatic carbocycles. The number of carbonyl (C=O) groups is 1. The van der Waals surface area contributed by atoms with Crippen molar-refractivity contribution >= 4 is 5.91 Å². The van der Waals surface area contributed by atoms with Crippen LogP contribution in [-0.4, -0.2) is 31.3 Å². The van der Waals surface area contributed by atoms with E-state index in [1.54, 1.807) is 7.11 Å². The predicted octanol–water partition coefficient (Wildman–Crippen LogP) is 0.862. The molecule has 0 radical (unpaired) electrons. The van der Waals surface area contributed by atoms with Crippen molar-refractivity contribution < 1.29 is 14.6 Å². The van der Waals surface area contributed by atoms with Crippen molar-refractivity contribution in [2.24, 2.45) is 0 Å². The summed E-state index contributed by atoms with van der Waals surface area (Å²) in [5, 5.41) is 23.0. The van der Waals surface area contributed by atoms with E-state index in [0.29, 0.717) is 0 Å². The maximum Gasteiger partial charge on any atom is 0.263 e. The second kappa shape index (κ2) is 8.61. The number of nitriles is 1. The molecule has 6 heteroatoms. The van der Waals surface area contributed by atoms with Crippen LogP contribution < -0.4 is 15.4 Å². The summed E-state index contributed by atoms with van der Waals surface area (Å²) in [5.74, 6) is 0.273. The molecule has 1 atom stereocenters. The number of methoxy groups -OCH3 is 1. The molecular formula is C15H19N3O3. The fourth-order valence-electron chi connectivity index (χ4n) is 1.64. The highest BCUT2D eigenvalue weighted by atomic mass is 16.5. The molecule has 6 nitrogen and oxygen atoms in total. The van der Waals surface area contributed by atoms with Crippen molar-refractivity contribution in [1.82, 2.24) is 10.6 Å². The molecule has 0 spiro atoms. The van der Waals surface area contributed by atoms with Crippen LogP contribution in [0.25, 0.3) is 0 Å². The molecule has 3 N–H and O–H groups in total. The minimum absolute atomic E-state index is 0.0381. The van der Waals surface area contributed by atoms with Crippen molar-refractivity contribution in [3.8, 4) is 11.8 Å². The van der Waals surface area contributed by atoms with E-state index < -0.39 is 5.91 Å². The number of rotatable bonds is 7. The lowest BCUT2D eigenvalue weighted by Crippen LogP contribution is -2.28. The van der Waals surface area contributed by atoms with Crippen LogP contribution in [0.5, 0.6) is 5.75 Å². The van der Waals surface area contributed by atoms with Crippen LogP contribution in [-0.2, 0) is 4.79 Å². The lowest BCUT2D eigenvalue weighted by atomic mass is 10.1. The second-order valence-corrected chi connectivity index (χ2v) is 4.32. The lowest BCUT2D eigenvalue weighted by Gasteiger charge is -2.14. The summed E-state index contributed by atoms with van der Waals surface area (Å²) < 4.78 is 5.07. The summed E-state index contributed by atoms with van der Waals surface area (Å²) in [4.78, 5) is 11.9. The minimum atomic E-state index is -0.466. The Morgan fingerprint density at radius 1 is 1.48 bits per heavy atom. The molecule has 1 unspecified atom stereocenters. The Hall–Kier alpha value is -2.52. The fraction of sp³-hybridized carbons (Fsp3) is 0.333. The van der Waals surface area contributed by atoms with E-state index in [1.807, 2.05) is 37.3 Å². The molecule has 0 saturated heterocycles. The number of ether oxygens (including phenoxy) is 1. The van der Waals surface area contributed by atoms with Crippen molar-refractivity contribution in [3.63, 3.8) is 0 Å². The molecule has 0 fully saturated rings. The Bertz CT molecular complexity index is 532. The first-order chi connectivity index (χ1) is 10.1. The summed E-state index contributed by atoms with van der Waals surface area (Å²) in [7, 11) is 1.59. The molecule has 0 bridgehead atoms. The number of hydrogen-bond acceptors (Lipinski definition) is 5. The summed E-state index contributed by atoms with van der Waals surface area (Å²) in [6.07, 6.45) is 1.30. The number of amides is 1. The van der Waals surface area contributed by atoms with E-state index in [-0.39, 0.29) is 24.8 Å². The molecule has 0 heterocycles. The van der Waals surface area contributed by atoms with Gasteiger partial charge in [-0.05, 0) is 24.6 Å². The van der Waals surface area contributed by atoms with E-state index in [4.69, 9.17) is 15.1 Å². The molecule has 112 valence electrons. The second-order valence-electron chi connectivity index (χ2n) is 4.32. The zero-order valence-corrected chi connectivity index (χ0v) is 12.1. The quantitative estimate of drug-likeness (QED) is 0.393. The summed E-state index contributed by atoms with van der Waals surface area (Å²) in [6.45, 7) is 2.04. The molecule has 1 rings (SSSR count). The van der Waals surface area contributed by atoms with E-state index in [0.717, 1.165) is 11.3 Å². The third kappa shape index (κ3) is 5.16. The van der Waals surface area contributed by atoms with Crippen LogP contribution in [0, 0.1) is 11.3 Å². The van der Waals surface area contributed by atoms with Crippen LogP contribution in [0.2, 0.25) is 0 Å². The van der Waals surface area contributed by atoms with Crippen LogP contribution in [0.3, 0.4) is 0 Å². The topological polar surface area (TPSA) is 94.4 Å². The highest BCUT2D eigenvalue weighted by Gasteiger charge is 2.13. The first kappa shape index (κ1) is 16.5. The molecule has 21 heavy (non-hydrogen) atoms. The molecule has 0 aromatic heterocycles. The van der Waals surface area contributed by atoms with E-state index in [1.165, 1.54) is 6.20 Å². The number of carbonyl (C=O) groups excluding carboxylic acids is 1. The smallest absolute Gasteiger partial charge is 0.263 e. The zero-order valence-electron chi connectivity index (χ0n) is 12.1. The van der Waals surface area contributed by atoms with E-state index in [2.05, 4.69) is 10.6 Å². The molecular weight excluding hydrogens is 270 g/mol. The average molecular weight is 289 g/mol. The van der Waals surface area contributed by atoms with Gasteiger partial charge in [-0.1, -0.05) is 12.1 Å². The maximum atomic E-state index is 11.9. The van der Waals surface area contributed by atoms with Gasteiger partial charge in [-0.3, -0.25) is 4.79 Å². The van der Waals surface area contributed by atoms with Gasteiger partial charge in [-0.2, -0.15) is 5.26 Å². The van der Waals surface area contributed by atoms with Gasteiger partial charge < -0.3 is 20.5 Å². The SMILES string of the molecule is COc1ccc(C(C)NC(=O)/C(C#N)=C\NCCO)cc1. The van der Waals surface area contributed by atoms with Crippen molar-refractivity contribution in [1.29, 1.82) is 5.26 Å². The number of nitrogens with one attached hydrogen (secondary N) is 2. The first-order valence-corrected chi connectivity index (χ1v) is 6.51. The largest absolute Gasteiger partial charge is 0.497 e. The predicted molar refractivity (Wildman–Crippen MR) is 78.3 cm³/mol. The van der Waals surface area contributed by atoms with E-state index >= 15 is 0 Å². The Kier molecular flexibility index (Phi) is 6.78. The number of aliphatic hydroxyl groups excluding tert-OH is 1. The van der Waals surface area contributed by atoms with Crippen LogP contribution in [0.4, 0.5) is 0 Å². The number of hydrogen-bond donors (Lipinski definition) is 3. The first-order valence-electron chi connectivity index (χ1n) is 6.51. The van der Waals surface area contributed by atoms with Crippen LogP contribution in [0.15, 0.2) is 36.0 Å². The summed E-state index contributed by atoms with van der Waals surface area (Å²) in [5.41, 5.74) is 0.869. The fourth-order valence-corrected chi connectivity index (χ4v) is 1.64. The molecule has 1 amide bonds. The molecule has 0 aliphatic heterocycles. The number of nitrogens with zero attached hydrogens (tertiary/aromatic N) is 1. The summed E-state index contributed by atoms with van der Waals surface area (Å²) in [6, 6.07) is 8.90. The van der Waals surface area contributed by atoms with Gasteiger partial charge in [0.25, 0.3) is 5.91 Å². The lowest BCUT2D eigenvalue weighted by molar-refractivity contribution is -0.117. The molecule has 1 aromatic rings. The Balaban J connectivity index is 2.67. The highest BCUT2D eigenvalue weighted by Crippen LogP contribution is 2.17. The van der Waals surface area contributed by atoms with Gasteiger partial charge in [0.2, 0.25) is 0 Å². The van der Waals surface area contributed by atoms with E-state index in [9.17, 15) is 4.79 Å². The normalized spacial score (nSPS) is 12.2. The monoisotopic (exact) mass is 289 g/mol. The van der Waals surface area contributed by atoms with Crippen LogP contribution >= 0.6 is 0 Å². The Labute approximate surface area is 124 Å². The number of aliphatic hydroxyl groups is 1. The summed E-state index contributed by atoms with van der Waals surface area (Å²) >= 11 is 0. The Morgan fingerprint density at radius 3 is 2.67 bits per heavy atom. The standard InChI is InChI=1S/C15H19N3O3/c1-11(12-3-5-14(21-2)6-4-12)18-15(20)13(9-16)10-17-7-8-19/h3-6,10-11,17,19H,7-8H2,1-2H3,(H,18,20)/b13-10-. The van der Waals surface area contributed by atoms with Crippen molar-refractivity contribution in [3.05, 3.63) is 41.6 Å². The van der Waals surface area contributed by atoms with Gasteiger partial charge >= 0.3 is 0 Å². The van der Waals surface area contributed by atoms with Crippen molar-refractivity contribution in [2.75, 3.05) is 20.3 Å². The minimum Gasteiger partial charge on any atom is -0.497 e. The number of benzene rings is 1. The highest BCUT2D eigenvalue weighted by molar-refractivity contribution is 5.97.